The largest absolute Gasteiger partial charge is 0.352 e. The van der Waals surface area contributed by atoms with Crippen molar-refractivity contribution in [1.82, 2.24) is 10.3 Å². The fraction of sp³-hybridized carbons (Fsp3) is 0.385. The van der Waals surface area contributed by atoms with Crippen LogP contribution in [0.1, 0.15) is 29.8 Å². The Bertz CT molecular complexity index is 443. The van der Waals surface area contributed by atoms with Crippen LogP contribution < -0.4 is 11.1 Å². The molecule has 0 saturated carbocycles. The van der Waals surface area contributed by atoms with E-state index < -0.39 is 0 Å². The number of amides is 1. The van der Waals surface area contributed by atoms with Gasteiger partial charge in [-0.05, 0) is 12.0 Å². The second-order valence-electron chi connectivity index (χ2n) is 4.03. The summed E-state index contributed by atoms with van der Waals surface area (Å²) in [6, 6.07) is 1.66. The molecule has 1 rings (SSSR count). The molecule has 1 heterocycles. The average Bonchev–Trinajstić information content (AvgIpc) is 2.33. The van der Waals surface area contributed by atoms with E-state index >= 15 is 0 Å². The third-order valence-electron chi connectivity index (χ3n) is 2.06. The number of carbonyl (C=O) groups is 1. The van der Waals surface area contributed by atoms with Gasteiger partial charge in [-0.1, -0.05) is 25.7 Å². The van der Waals surface area contributed by atoms with E-state index in [-0.39, 0.29) is 12.5 Å². The molecule has 0 aliphatic rings. The summed E-state index contributed by atoms with van der Waals surface area (Å²) in [4.78, 5) is 15.8. The quantitative estimate of drug-likeness (QED) is 0.755. The van der Waals surface area contributed by atoms with Crippen molar-refractivity contribution in [2.45, 2.75) is 13.8 Å². The van der Waals surface area contributed by atoms with Crippen molar-refractivity contribution in [2.24, 2.45) is 11.7 Å². The predicted octanol–water partition coefficient (Wildman–Crippen LogP) is 0.778. The molecule has 0 atom stereocenters. The monoisotopic (exact) mass is 231 g/mol. The number of pyridine rings is 1. The van der Waals surface area contributed by atoms with Crippen LogP contribution in [0.25, 0.3) is 0 Å². The second-order valence-corrected chi connectivity index (χ2v) is 4.03. The van der Waals surface area contributed by atoms with E-state index in [9.17, 15) is 4.79 Å². The van der Waals surface area contributed by atoms with Gasteiger partial charge in [0.05, 0.1) is 17.7 Å². The van der Waals surface area contributed by atoms with Crippen molar-refractivity contribution in [3.63, 3.8) is 0 Å². The van der Waals surface area contributed by atoms with Gasteiger partial charge >= 0.3 is 0 Å². The van der Waals surface area contributed by atoms with Crippen molar-refractivity contribution < 1.29 is 4.79 Å². The Balaban J connectivity index is 2.85. The van der Waals surface area contributed by atoms with Gasteiger partial charge in [-0.15, -0.1) is 0 Å². The van der Waals surface area contributed by atoms with Crippen LogP contribution in [-0.4, -0.2) is 24.0 Å². The highest BCUT2D eigenvalue weighted by molar-refractivity contribution is 5.96. The number of nitrogens with one attached hydrogen (secondary N) is 1. The number of carbonyl (C=O) groups excluding carboxylic acids is 1. The zero-order valence-electron chi connectivity index (χ0n) is 10.2. The van der Waals surface area contributed by atoms with E-state index in [4.69, 9.17) is 5.73 Å². The summed E-state index contributed by atoms with van der Waals surface area (Å²) >= 11 is 0. The lowest BCUT2D eigenvalue weighted by atomic mass is 10.1. The standard InChI is InChI=1S/C13H17N3O/c1-10(2)8-16-13(17)12-5-7-15-9-11(12)4-3-6-14/h5,7,9-10H,6,8,14H2,1-2H3,(H,16,17). The molecular weight excluding hydrogens is 214 g/mol. The van der Waals surface area contributed by atoms with Crippen LogP contribution in [0.3, 0.4) is 0 Å². The topological polar surface area (TPSA) is 68.0 Å². The third kappa shape index (κ3) is 4.25. The number of rotatable bonds is 3. The van der Waals surface area contributed by atoms with Crippen LogP contribution in [0.4, 0.5) is 0 Å². The fourth-order valence-electron chi connectivity index (χ4n) is 1.23. The van der Waals surface area contributed by atoms with Crippen LogP contribution in [0.5, 0.6) is 0 Å². The van der Waals surface area contributed by atoms with Gasteiger partial charge in [0.25, 0.3) is 5.91 Å². The molecule has 1 aromatic rings. The minimum Gasteiger partial charge on any atom is -0.352 e. The van der Waals surface area contributed by atoms with Crippen molar-refractivity contribution in [3.8, 4) is 11.8 Å². The Hall–Kier alpha value is -1.86. The van der Waals surface area contributed by atoms with Gasteiger partial charge < -0.3 is 11.1 Å². The van der Waals surface area contributed by atoms with Crippen LogP contribution >= 0.6 is 0 Å². The van der Waals surface area contributed by atoms with Crippen LogP contribution in [0.2, 0.25) is 0 Å². The minimum absolute atomic E-state index is 0.123. The Morgan fingerprint density at radius 2 is 2.35 bits per heavy atom. The molecule has 1 amide bonds. The molecule has 0 unspecified atom stereocenters. The first-order chi connectivity index (χ1) is 8.15. The highest BCUT2D eigenvalue weighted by Gasteiger charge is 2.09. The normalized spacial score (nSPS) is 9.65. The van der Waals surface area contributed by atoms with E-state index in [1.165, 1.54) is 0 Å². The molecule has 1 aromatic heterocycles. The first kappa shape index (κ1) is 13.2. The molecule has 0 saturated heterocycles. The molecule has 90 valence electrons. The number of hydrogen-bond donors (Lipinski definition) is 2. The minimum atomic E-state index is -0.123. The van der Waals surface area contributed by atoms with Gasteiger partial charge in [0.2, 0.25) is 0 Å². The number of nitrogens with two attached hydrogens (primary N) is 1. The molecule has 4 nitrogen and oxygen atoms in total. The summed E-state index contributed by atoms with van der Waals surface area (Å²) in [6.07, 6.45) is 3.16. The van der Waals surface area contributed by atoms with Gasteiger partial charge in [0.1, 0.15) is 0 Å². The lowest BCUT2D eigenvalue weighted by Gasteiger charge is -2.08. The summed E-state index contributed by atoms with van der Waals surface area (Å²) in [7, 11) is 0. The SMILES string of the molecule is CC(C)CNC(=O)c1ccncc1C#CCN. The Morgan fingerprint density at radius 1 is 1.59 bits per heavy atom. The molecule has 0 aromatic carbocycles. The summed E-state index contributed by atoms with van der Waals surface area (Å²) in [6.45, 7) is 5.00. The lowest BCUT2D eigenvalue weighted by Crippen LogP contribution is -2.28. The molecule has 3 N–H and O–H groups in total. The van der Waals surface area contributed by atoms with Crippen LogP contribution in [0.15, 0.2) is 18.5 Å². The highest BCUT2D eigenvalue weighted by Crippen LogP contribution is 2.05. The number of nitrogens with zero attached hydrogens (tertiary/aromatic N) is 1. The first-order valence-electron chi connectivity index (χ1n) is 5.56. The summed E-state index contributed by atoms with van der Waals surface area (Å²) in [5, 5.41) is 2.85. The molecule has 0 bridgehead atoms. The van der Waals surface area contributed by atoms with Gasteiger partial charge in [-0.2, -0.15) is 0 Å². The molecule has 4 heteroatoms. The molecule has 0 aliphatic carbocycles. The zero-order valence-corrected chi connectivity index (χ0v) is 10.2. The van der Waals surface area contributed by atoms with Gasteiger partial charge in [-0.25, -0.2) is 0 Å². The Labute approximate surface area is 102 Å². The van der Waals surface area contributed by atoms with Gasteiger partial charge in [0, 0.05) is 18.9 Å². The molecule has 0 aliphatic heterocycles. The van der Waals surface area contributed by atoms with E-state index in [0.717, 1.165) is 0 Å². The second kappa shape index (κ2) is 6.66. The summed E-state index contributed by atoms with van der Waals surface area (Å²) in [5.74, 6) is 5.86. The van der Waals surface area contributed by atoms with E-state index in [1.54, 1.807) is 18.5 Å². The summed E-state index contributed by atoms with van der Waals surface area (Å²) < 4.78 is 0. The predicted molar refractivity (Wildman–Crippen MR) is 67.3 cm³/mol. The molecule has 0 spiro atoms. The van der Waals surface area contributed by atoms with Gasteiger partial charge in [-0.3, -0.25) is 9.78 Å². The van der Waals surface area contributed by atoms with Crippen molar-refractivity contribution in [3.05, 3.63) is 29.6 Å². The van der Waals surface area contributed by atoms with Crippen LogP contribution in [0, 0.1) is 17.8 Å². The molecular formula is C13H17N3O. The number of aromatic nitrogens is 1. The fourth-order valence-corrected chi connectivity index (χ4v) is 1.23. The first-order valence-corrected chi connectivity index (χ1v) is 5.56. The zero-order chi connectivity index (χ0) is 12.7. The van der Waals surface area contributed by atoms with E-state index in [2.05, 4.69) is 22.1 Å². The van der Waals surface area contributed by atoms with E-state index in [0.29, 0.717) is 23.6 Å². The van der Waals surface area contributed by atoms with E-state index in [1.807, 2.05) is 13.8 Å². The lowest BCUT2D eigenvalue weighted by molar-refractivity contribution is 0.0948. The highest BCUT2D eigenvalue weighted by atomic mass is 16.1. The maximum Gasteiger partial charge on any atom is 0.252 e. The van der Waals surface area contributed by atoms with Crippen molar-refractivity contribution in [2.75, 3.05) is 13.1 Å². The number of hydrogen-bond acceptors (Lipinski definition) is 3. The van der Waals surface area contributed by atoms with Crippen LogP contribution in [-0.2, 0) is 0 Å². The average molecular weight is 231 g/mol. The third-order valence-corrected chi connectivity index (χ3v) is 2.06. The van der Waals surface area contributed by atoms with Crippen molar-refractivity contribution >= 4 is 5.91 Å². The van der Waals surface area contributed by atoms with Crippen molar-refractivity contribution in [1.29, 1.82) is 0 Å². The maximum absolute atomic E-state index is 11.9. The summed E-state index contributed by atoms with van der Waals surface area (Å²) in [5.41, 5.74) is 6.46. The molecule has 17 heavy (non-hydrogen) atoms. The maximum atomic E-state index is 11.9. The Morgan fingerprint density at radius 3 is 3.00 bits per heavy atom. The smallest absolute Gasteiger partial charge is 0.252 e. The molecule has 0 fully saturated rings. The Kier molecular flexibility index (Phi) is 5.18. The van der Waals surface area contributed by atoms with Gasteiger partial charge in [0.15, 0.2) is 0 Å². The molecule has 0 radical (unpaired) electrons.